The predicted octanol–water partition coefficient (Wildman–Crippen LogP) is 6.86. The topological polar surface area (TPSA) is 9.23 Å². The van der Waals surface area contributed by atoms with Gasteiger partial charge in [0.1, 0.15) is 5.75 Å². The number of ether oxygens (including phenoxy) is 1. The number of hydrogen-bond acceptors (Lipinski definition) is 1. The van der Waals surface area contributed by atoms with Crippen LogP contribution >= 0.6 is 66.7 Å². The second kappa shape index (κ2) is 6.89. The van der Waals surface area contributed by atoms with Crippen molar-refractivity contribution in [3.05, 3.63) is 60.4 Å². The first-order chi connectivity index (χ1) is 9.43. The molecule has 2 rings (SSSR count). The Morgan fingerprint density at radius 1 is 1.05 bits per heavy atom. The Bertz CT molecular complexity index is 647. The fourth-order valence-corrected chi connectivity index (χ4v) is 3.86. The maximum atomic E-state index is 6.57. The lowest BCUT2D eigenvalue weighted by molar-refractivity contribution is 0.407. The lowest BCUT2D eigenvalue weighted by Crippen LogP contribution is -1.99. The van der Waals surface area contributed by atoms with Crippen LogP contribution in [0.5, 0.6) is 5.75 Å². The zero-order chi connectivity index (χ0) is 14.9. The Labute approximate surface area is 149 Å². The van der Waals surface area contributed by atoms with Crippen LogP contribution in [-0.2, 0) is 0 Å². The Kier molecular flexibility index (Phi) is 5.66. The van der Waals surface area contributed by atoms with E-state index in [1.54, 1.807) is 25.3 Å². The largest absolute Gasteiger partial charge is 0.495 e. The highest BCUT2D eigenvalue weighted by atomic mass is 79.9. The molecule has 1 unspecified atom stereocenters. The molecule has 0 saturated carbocycles. The van der Waals surface area contributed by atoms with Crippen molar-refractivity contribution in [2.45, 2.75) is 5.38 Å². The summed E-state index contributed by atoms with van der Waals surface area (Å²) in [6, 6.07) is 9.08. The second-order valence-corrected chi connectivity index (χ2v) is 7.09. The minimum atomic E-state index is -0.468. The van der Waals surface area contributed by atoms with E-state index in [1.165, 1.54) is 0 Å². The summed E-state index contributed by atoms with van der Waals surface area (Å²) in [5, 5.41) is 0.695. The minimum absolute atomic E-state index is 0.468. The van der Waals surface area contributed by atoms with Crippen molar-refractivity contribution in [3.63, 3.8) is 0 Å². The molecule has 0 fully saturated rings. The number of methoxy groups -OCH3 is 1. The van der Waals surface area contributed by atoms with Crippen LogP contribution in [0.3, 0.4) is 0 Å². The normalized spacial score (nSPS) is 12.3. The Hall–Kier alpha value is 0.0700. The van der Waals surface area contributed by atoms with Gasteiger partial charge < -0.3 is 4.74 Å². The summed E-state index contributed by atoms with van der Waals surface area (Å²) in [5.41, 5.74) is 1.55. The Morgan fingerprint density at radius 2 is 1.75 bits per heavy atom. The predicted molar refractivity (Wildman–Crippen MR) is 92.6 cm³/mol. The molecule has 106 valence electrons. The van der Waals surface area contributed by atoms with Gasteiger partial charge >= 0.3 is 0 Å². The van der Waals surface area contributed by atoms with Gasteiger partial charge in [0.15, 0.2) is 0 Å². The van der Waals surface area contributed by atoms with Crippen LogP contribution in [0.4, 0.5) is 0 Å². The molecule has 1 nitrogen and oxygen atoms in total. The molecule has 0 radical (unpaired) electrons. The molecule has 6 heteroatoms. The first kappa shape index (κ1) is 16.4. The summed E-state index contributed by atoms with van der Waals surface area (Å²) in [6.45, 7) is 0. The van der Waals surface area contributed by atoms with Gasteiger partial charge in [-0.05, 0) is 51.8 Å². The maximum absolute atomic E-state index is 6.57. The summed E-state index contributed by atoms with van der Waals surface area (Å²) in [6.07, 6.45) is 0. The number of rotatable bonds is 3. The molecule has 0 saturated heterocycles. The molecule has 0 spiro atoms. The molecular weight excluding hydrogens is 450 g/mol. The lowest BCUT2D eigenvalue weighted by Gasteiger charge is -2.17. The van der Waals surface area contributed by atoms with E-state index in [1.807, 2.05) is 12.1 Å². The fraction of sp³-hybridized carbons (Fsp3) is 0.143. The molecule has 0 aliphatic carbocycles. The molecule has 0 aliphatic heterocycles. The van der Waals surface area contributed by atoms with E-state index in [4.69, 9.17) is 39.5 Å². The highest BCUT2D eigenvalue weighted by molar-refractivity contribution is 9.10. The van der Waals surface area contributed by atoms with Crippen molar-refractivity contribution in [2.75, 3.05) is 7.11 Å². The molecule has 0 bridgehead atoms. The quantitative estimate of drug-likeness (QED) is 0.456. The zero-order valence-electron chi connectivity index (χ0n) is 10.3. The van der Waals surface area contributed by atoms with Gasteiger partial charge in [-0.25, -0.2) is 0 Å². The molecule has 2 aromatic rings. The molecule has 20 heavy (non-hydrogen) atoms. The van der Waals surface area contributed by atoms with Gasteiger partial charge in [0, 0.05) is 20.1 Å². The van der Waals surface area contributed by atoms with Crippen LogP contribution in [0.25, 0.3) is 0 Å². The molecule has 0 N–H and O–H groups in total. The van der Waals surface area contributed by atoms with Crippen molar-refractivity contribution in [2.24, 2.45) is 0 Å². The van der Waals surface area contributed by atoms with Crippen LogP contribution in [0, 0.1) is 0 Å². The third-order valence-corrected chi connectivity index (χ3v) is 4.86. The Balaban J connectivity index is 2.58. The van der Waals surface area contributed by atoms with E-state index < -0.39 is 5.38 Å². The first-order valence-corrected chi connectivity index (χ1v) is 8.33. The second-order valence-electron chi connectivity index (χ2n) is 4.04. The molecule has 0 aromatic heterocycles. The van der Waals surface area contributed by atoms with Gasteiger partial charge in [-0.2, -0.15) is 0 Å². The van der Waals surface area contributed by atoms with Gasteiger partial charge in [-0.15, -0.1) is 11.6 Å². The number of halogens is 5. The average Bonchev–Trinajstić information content (AvgIpc) is 2.40. The van der Waals surface area contributed by atoms with Gasteiger partial charge in [-0.1, -0.05) is 39.1 Å². The summed E-state index contributed by atoms with van der Waals surface area (Å²) in [5.74, 6) is 0.644. The van der Waals surface area contributed by atoms with Crippen LogP contribution in [0.2, 0.25) is 10.0 Å². The third kappa shape index (κ3) is 3.45. The van der Waals surface area contributed by atoms with Crippen molar-refractivity contribution >= 4 is 66.7 Å². The molecule has 0 heterocycles. The van der Waals surface area contributed by atoms with Crippen LogP contribution in [0.15, 0.2) is 39.3 Å². The van der Waals surface area contributed by atoms with Gasteiger partial charge in [0.25, 0.3) is 0 Å². The van der Waals surface area contributed by atoms with E-state index in [9.17, 15) is 0 Å². The van der Waals surface area contributed by atoms with E-state index in [2.05, 4.69) is 31.9 Å². The molecule has 0 aliphatic rings. The van der Waals surface area contributed by atoms with Crippen LogP contribution in [-0.4, -0.2) is 7.11 Å². The summed E-state index contributed by atoms with van der Waals surface area (Å²) in [7, 11) is 1.59. The van der Waals surface area contributed by atoms with E-state index in [0.717, 1.165) is 20.1 Å². The standard InChI is InChI=1S/C14H9Br2Cl3O/c1-20-14-10(5-8(17)6-11(14)16)13(19)9-4-7(15)2-3-12(9)18/h2-6,13H,1H3. The van der Waals surface area contributed by atoms with Crippen LogP contribution < -0.4 is 4.74 Å². The van der Waals surface area contributed by atoms with Gasteiger partial charge in [0.2, 0.25) is 0 Å². The van der Waals surface area contributed by atoms with Gasteiger partial charge in [0.05, 0.1) is 17.0 Å². The summed E-state index contributed by atoms with van der Waals surface area (Å²) >= 11 is 25.7. The summed E-state index contributed by atoms with van der Waals surface area (Å²) in [4.78, 5) is 0. The highest BCUT2D eigenvalue weighted by Crippen LogP contribution is 2.43. The Morgan fingerprint density at radius 3 is 2.40 bits per heavy atom. The van der Waals surface area contributed by atoms with Crippen molar-refractivity contribution in [1.29, 1.82) is 0 Å². The van der Waals surface area contributed by atoms with Crippen LogP contribution in [0.1, 0.15) is 16.5 Å². The number of alkyl halides is 1. The van der Waals surface area contributed by atoms with E-state index in [0.29, 0.717) is 15.8 Å². The van der Waals surface area contributed by atoms with Crippen molar-refractivity contribution < 1.29 is 4.74 Å². The van der Waals surface area contributed by atoms with Crippen molar-refractivity contribution in [3.8, 4) is 5.75 Å². The zero-order valence-corrected chi connectivity index (χ0v) is 15.7. The van der Waals surface area contributed by atoms with E-state index in [-0.39, 0.29) is 0 Å². The molecular formula is C14H9Br2Cl3O. The highest BCUT2D eigenvalue weighted by Gasteiger charge is 2.21. The molecule has 0 amide bonds. The summed E-state index contributed by atoms with van der Waals surface area (Å²) < 4.78 is 7.05. The fourth-order valence-electron chi connectivity index (χ4n) is 1.86. The third-order valence-electron chi connectivity index (χ3n) is 2.75. The van der Waals surface area contributed by atoms with Gasteiger partial charge in [-0.3, -0.25) is 0 Å². The number of hydrogen-bond donors (Lipinski definition) is 0. The maximum Gasteiger partial charge on any atom is 0.138 e. The SMILES string of the molecule is COc1c(Br)cc(Cl)cc1C(Cl)c1cc(Br)ccc1Cl. The molecule has 2 aromatic carbocycles. The smallest absolute Gasteiger partial charge is 0.138 e. The average molecular weight is 459 g/mol. The lowest BCUT2D eigenvalue weighted by atomic mass is 10.0. The van der Waals surface area contributed by atoms with Crippen molar-refractivity contribution in [1.82, 2.24) is 0 Å². The van der Waals surface area contributed by atoms with E-state index >= 15 is 0 Å². The number of benzene rings is 2. The monoisotopic (exact) mass is 456 g/mol. The minimum Gasteiger partial charge on any atom is -0.495 e. The molecule has 1 atom stereocenters. The first-order valence-electron chi connectivity index (χ1n) is 5.56.